The predicted molar refractivity (Wildman–Crippen MR) is 49.1 cm³/mol. The Morgan fingerprint density at radius 1 is 1.33 bits per heavy atom. The van der Waals surface area contributed by atoms with Gasteiger partial charge in [0.2, 0.25) is 0 Å². The van der Waals surface area contributed by atoms with Crippen molar-refractivity contribution < 1.29 is 17.6 Å². The molecule has 15 heavy (non-hydrogen) atoms. The van der Waals surface area contributed by atoms with Crippen molar-refractivity contribution in [1.29, 1.82) is 0 Å². The molecular weight excluding hydrogens is 234 g/mol. The lowest BCUT2D eigenvalue weighted by molar-refractivity contribution is -0.149. The van der Waals surface area contributed by atoms with Gasteiger partial charge < -0.3 is 5.73 Å². The van der Waals surface area contributed by atoms with Crippen LogP contribution in [0.5, 0.6) is 0 Å². The second-order valence-electron chi connectivity index (χ2n) is 3.14. The lowest BCUT2D eigenvalue weighted by Gasteiger charge is -2.17. The van der Waals surface area contributed by atoms with Gasteiger partial charge in [-0.15, -0.1) is 0 Å². The van der Waals surface area contributed by atoms with Crippen molar-refractivity contribution >= 4 is 11.6 Å². The fraction of sp³-hybridized carbons (Fsp3) is 0.333. The smallest absolute Gasteiger partial charge is 0.316 e. The molecule has 0 aromatic heterocycles. The molecule has 0 heterocycles. The number of aryl methyl sites for hydroxylation is 1. The van der Waals surface area contributed by atoms with E-state index in [1.165, 1.54) is 6.92 Å². The minimum atomic E-state index is -4.67. The molecule has 1 atom stereocenters. The molecule has 0 saturated carbocycles. The number of nitrogens with two attached hydrogens (primary N) is 1. The Balaban J connectivity index is 3.21. The van der Waals surface area contributed by atoms with Crippen LogP contribution in [0.4, 0.5) is 17.6 Å². The molecule has 0 bridgehead atoms. The van der Waals surface area contributed by atoms with Crippen LogP contribution in [0.25, 0.3) is 0 Å². The molecule has 1 aromatic carbocycles. The quantitative estimate of drug-likeness (QED) is 0.750. The summed E-state index contributed by atoms with van der Waals surface area (Å²) < 4.78 is 49.8. The Morgan fingerprint density at radius 3 is 2.33 bits per heavy atom. The summed E-state index contributed by atoms with van der Waals surface area (Å²) in [7, 11) is 0. The van der Waals surface area contributed by atoms with E-state index in [2.05, 4.69) is 0 Å². The first kappa shape index (κ1) is 12.3. The number of halogens is 5. The number of alkyl halides is 3. The van der Waals surface area contributed by atoms with Crippen molar-refractivity contribution in [3.05, 3.63) is 34.1 Å². The fourth-order valence-corrected chi connectivity index (χ4v) is 1.24. The third-order valence-electron chi connectivity index (χ3n) is 1.97. The Kier molecular flexibility index (Phi) is 3.25. The van der Waals surface area contributed by atoms with Crippen LogP contribution in [0, 0.1) is 12.7 Å². The number of hydrogen-bond donors (Lipinski definition) is 1. The van der Waals surface area contributed by atoms with Gasteiger partial charge in [0.05, 0.1) is 0 Å². The zero-order valence-electron chi connectivity index (χ0n) is 7.70. The molecule has 2 N–H and O–H groups in total. The van der Waals surface area contributed by atoms with E-state index in [1.807, 2.05) is 0 Å². The molecule has 1 nitrogen and oxygen atoms in total. The van der Waals surface area contributed by atoms with Gasteiger partial charge >= 0.3 is 6.18 Å². The lowest BCUT2D eigenvalue weighted by Crippen LogP contribution is -2.29. The van der Waals surface area contributed by atoms with E-state index in [-0.39, 0.29) is 5.02 Å². The minimum Gasteiger partial charge on any atom is -0.316 e. The number of benzene rings is 1. The molecule has 0 unspecified atom stereocenters. The lowest BCUT2D eigenvalue weighted by atomic mass is 10.0. The number of hydrogen-bond acceptors (Lipinski definition) is 1. The van der Waals surface area contributed by atoms with Gasteiger partial charge in [0.25, 0.3) is 0 Å². The first-order chi connectivity index (χ1) is 6.73. The summed E-state index contributed by atoms with van der Waals surface area (Å²) in [5.74, 6) is -1.05. The normalized spacial score (nSPS) is 14.1. The summed E-state index contributed by atoms with van der Waals surface area (Å²) in [4.78, 5) is 0. The van der Waals surface area contributed by atoms with Crippen molar-refractivity contribution in [2.45, 2.75) is 19.1 Å². The van der Waals surface area contributed by atoms with Crippen LogP contribution in [0.1, 0.15) is 17.2 Å². The van der Waals surface area contributed by atoms with Gasteiger partial charge in [0, 0.05) is 10.6 Å². The molecule has 0 fully saturated rings. The topological polar surface area (TPSA) is 26.0 Å². The first-order valence-corrected chi connectivity index (χ1v) is 4.39. The van der Waals surface area contributed by atoms with Crippen LogP contribution in [0.2, 0.25) is 5.02 Å². The monoisotopic (exact) mass is 241 g/mol. The largest absolute Gasteiger partial charge is 0.407 e. The minimum absolute atomic E-state index is 0.0747. The third-order valence-corrected chi connectivity index (χ3v) is 2.37. The van der Waals surface area contributed by atoms with Gasteiger partial charge in [0.15, 0.2) is 0 Å². The molecule has 0 saturated heterocycles. The van der Waals surface area contributed by atoms with E-state index in [1.54, 1.807) is 0 Å². The molecule has 1 rings (SSSR count). The molecule has 0 aliphatic carbocycles. The van der Waals surface area contributed by atoms with Gasteiger partial charge in [-0.05, 0) is 24.6 Å². The first-order valence-electron chi connectivity index (χ1n) is 4.01. The highest BCUT2D eigenvalue weighted by Crippen LogP contribution is 2.33. The SMILES string of the molecule is Cc1cc([C@H](N)C(F)(F)F)c(F)cc1Cl. The molecule has 1 aromatic rings. The standard InChI is InChI=1S/C9H8ClF4N/c1-4-2-5(7(11)3-6(4)10)8(15)9(12,13)14/h2-3,8H,15H2,1H3/t8-/m0/s1. The van der Waals surface area contributed by atoms with Crippen molar-refractivity contribution in [3.8, 4) is 0 Å². The van der Waals surface area contributed by atoms with Crippen LogP contribution in [-0.4, -0.2) is 6.18 Å². The zero-order valence-corrected chi connectivity index (χ0v) is 8.46. The average molecular weight is 242 g/mol. The van der Waals surface area contributed by atoms with E-state index >= 15 is 0 Å². The second kappa shape index (κ2) is 3.98. The van der Waals surface area contributed by atoms with Crippen molar-refractivity contribution in [2.24, 2.45) is 5.73 Å². The van der Waals surface area contributed by atoms with Gasteiger partial charge in [-0.1, -0.05) is 11.6 Å². The average Bonchev–Trinajstić information content (AvgIpc) is 2.08. The van der Waals surface area contributed by atoms with Crippen molar-refractivity contribution in [2.75, 3.05) is 0 Å². The van der Waals surface area contributed by atoms with E-state index < -0.39 is 23.6 Å². The molecule has 6 heteroatoms. The van der Waals surface area contributed by atoms with Gasteiger partial charge in [-0.3, -0.25) is 0 Å². The Hall–Kier alpha value is -0.810. The molecule has 0 aliphatic rings. The van der Waals surface area contributed by atoms with Crippen LogP contribution in [0.3, 0.4) is 0 Å². The highest BCUT2D eigenvalue weighted by Gasteiger charge is 2.39. The van der Waals surface area contributed by atoms with Crippen LogP contribution in [-0.2, 0) is 0 Å². The number of rotatable bonds is 1. The molecule has 0 spiro atoms. The van der Waals surface area contributed by atoms with Crippen molar-refractivity contribution in [1.82, 2.24) is 0 Å². The zero-order chi connectivity index (χ0) is 11.8. The van der Waals surface area contributed by atoms with Crippen molar-refractivity contribution in [3.63, 3.8) is 0 Å². The Labute approximate surface area is 88.8 Å². The van der Waals surface area contributed by atoms with E-state index in [0.717, 1.165) is 12.1 Å². The summed E-state index contributed by atoms with van der Waals surface area (Å²) in [6.07, 6.45) is -4.67. The molecule has 0 aliphatic heterocycles. The summed E-state index contributed by atoms with van der Waals surface area (Å²) in [5.41, 5.74) is 4.65. The maximum atomic E-state index is 13.1. The molecule has 0 amide bonds. The highest BCUT2D eigenvalue weighted by atomic mass is 35.5. The summed E-state index contributed by atoms with van der Waals surface area (Å²) in [5, 5.41) is 0.0747. The molecule has 84 valence electrons. The predicted octanol–water partition coefficient (Wildman–Crippen LogP) is 3.35. The van der Waals surface area contributed by atoms with Gasteiger partial charge in [0.1, 0.15) is 11.9 Å². The van der Waals surface area contributed by atoms with E-state index in [9.17, 15) is 17.6 Å². The molecule has 0 radical (unpaired) electrons. The second-order valence-corrected chi connectivity index (χ2v) is 3.55. The van der Waals surface area contributed by atoms with E-state index in [0.29, 0.717) is 5.56 Å². The van der Waals surface area contributed by atoms with Crippen LogP contribution in [0.15, 0.2) is 12.1 Å². The third kappa shape index (κ3) is 2.60. The summed E-state index contributed by atoms with van der Waals surface area (Å²) in [6, 6.07) is -0.485. The fourth-order valence-electron chi connectivity index (χ4n) is 1.09. The Morgan fingerprint density at radius 2 is 1.87 bits per heavy atom. The maximum absolute atomic E-state index is 13.1. The van der Waals surface area contributed by atoms with Crippen LogP contribution >= 0.6 is 11.6 Å². The van der Waals surface area contributed by atoms with Crippen LogP contribution < -0.4 is 5.73 Å². The summed E-state index contributed by atoms with van der Waals surface area (Å²) >= 11 is 5.54. The van der Waals surface area contributed by atoms with Gasteiger partial charge in [-0.25, -0.2) is 4.39 Å². The highest BCUT2D eigenvalue weighted by molar-refractivity contribution is 6.31. The van der Waals surface area contributed by atoms with Gasteiger partial charge in [-0.2, -0.15) is 13.2 Å². The van der Waals surface area contributed by atoms with E-state index in [4.69, 9.17) is 17.3 Å². The maximum Gasteiger partial charge on any atom is 0.407 e. The summed E-state index contributed by atoms with van der Waals surface area (Å²) in [6.45, 7) is 1.48. The Bertz CT molecular complexity index is 375. The molecular formula is C9H8ClF4N.